The highest BCUT2D eigenvalue weighted by atomic mass is 35.5. The van der Waals surface area contributed by atoms with Crippen molar-refractivity contribution in [3.63, 3.8) is 0 Å². The highest BCUT2D eigenvalue weighted by molar-refractivity contribution is 6.33. The number of anilines is 2. The molecule has 2 rings (SSSR count). The first-order valence-corrected chi connectivity index (χ1v) is 6.52. The molecule has 0 aliphatic rings. The van der Waals surface area contributed by atoms with E-state index in [0.717, 1.165) is 17.8 Å². The molecule has 0 fully saturated rings. The van der Waals surface area contributed by atoms with E-state index in [1.54, 1.807) is 12.1 Å². The Hall–Kier alpha value is -1.74. The van der Waals surface area contributed by atoms with Crippen molar-refractivity contribution in [1.82, 2.24) is 0 Å². The molecular weight excluding hydrogens is 263 g/mol. The second-order valence-electron chi connectivity index (χ2n) is 4.35. The average molecular weight is 279 g/mol. The molecule has 0 bridgehead atoms. The third-order valence-corrected chi connectivity index (χ3v) is 3.32. The Bertz CT molecular complexity index is 572. The van der Waals surface area contributed by atoms with Crippen molar-refractivity contribution in [2.75, 3.05) is 17.2 Å². The quantitative estimate of drug-likeness (QED) is 0.854. The van der Waals surface area contributed by atoms with Gasteiger partial charge in [0.1, 0.15) is 5.82 Å². The van der Waals surface area contributed by atoms with Crippen LogP contribution in [0, 0.1) is 5.82 Å². The fourth-order valence-corrected chi connectivity index (χ4v) is 2.15. The minimum atomic E-state index is -0.230. The topological polar surface area (TPSA) is 29.3 Å². The summed E-state index contributed by atoms with van der Waals surface area (Å²) >= 11 is 6.01. The molecule has 19 heavy (non-hydrogen) atoms. The zero-order chi connectivity index (χ0) is 13.8. The zero-order valence-electron chi connectivity index (χ0n) is 10.7. The lowest BCUT2D eigenvalue weighted by Crippen LogP contribution is -2.22. The lowest BCUT2D eigenvalue weighted by atomic mass is 10.1. The largest absolute Gasteiger partial charge is 0.398 e. The predicted octanol–water partition coefficient (Wildman–Crippen LogP) is 4.09. The van der Waals surface area contributed by atoms with Gasteiger partial charge in [-0.25, -0.2) is 4.39 Å². The van der Waals surface area contributed by atoms with Crippen molar-refractivity contribution in [1.29, 1.82) is 0 Å². The van der Waals surface area contributed by atoms with Crippen LogP contribution in [-0.2, 0) is 6.54 Å². The van der Waals surface area contributed by atoms with E-state index in [2.05, 4.69) is 4.90 Å². The number of nitrogens with zero attached hydrogens (tertiary/aromatic N) is 1. The first-order valence-electron chi connectivity index (χ1n) is 6.14. The Morgan fingerprint density at radius 1 is 1.21 bits per heavy atom. The van der Waals surface area contributed by atoms with E-state index in [1.807, 2.05) is 25.1 Å². The summed E-state index contributed by atoms with van der Waals surface area (Å²) in [6.07, 6.45) is 0. The second-order valence-corrected chi connectivity index (χ2v) is 4.76. The third-order valence-electron chi connectivity index (χ3n) is 2.99. The van der Waals surface area contributed by atoms with Crippen LogP contribution in [-0.4, -0.2) is 6.54 Å². The van der Waals surface area contributed by atoms with E-state index in [1.165, 1.54) is 12.1 Å². The third kappa shape index (κ3) is 3.38. The van der Waals surface area contributed by atoms with Gasteiger partial charge in [-0.3, -0.25) is 0 Å². The van der Waals surface area contributed by atoms with E-state index < -0.39 is 0 Å². The van der Waals surface area contributed by atoms with E-state index in [9.17, 15) is 4.39 Å². The molecule has 4 heteroatoms. The first kappa shape index (κ1) is 13.7. The lowest BCUT2D eigenvalue weighted by molar-refractivity contribution is 0.626. The van der Waals surface area contributed by atoms with Crippen molar-refractivity contribution < 1.29 is 4.39 Å². The van der Waals surface area contributed by atoms with Crippen LogP contribution in [0.3, 0.4) is 0 Å². The number of nitrogen functional groups attached to an aromatic ring is 1. The Kier molecular flexibility index (Phi) is 4.27. The van der Waals surface area contributed by atoms with Crippen LogP contribution in [0.15, 0.2) is 42.5 Å². The molecule has 0 saturated carbocycles. The van der Waals surface area contributed by atoms with Gasteiger partial charge in [-0.2, -0.15) is 0 Å². The number of rotatable bonds is 4. The number of hydrogen-bond donors (Lipinski definition) is 1. The van der Waals surface area contributed by atoms with Gasteiger partial charge in [0.25, 0.3) is 0 Å². The van der Waals surface area contributed by atoms with Crippen LogP contribution in [0.5, 0.6) is 0 Å². The number of nitrogens with two attached hydrogens (primary N) is 1. The molecule has 0 saturated heterocycles. The molecule has 0 aliphatic carbocycles. The molecule has 2 nitrogen and oxygen atoms in total. The maximum absolute atomic E-state index is 13.3. The van der Waals surface area contributed by atoms with Gasteiger partial charge < -0.3 is 10.6 Å². The highest BCUT2D eigenvalue weighted by Gasteiger charge is 2.07. The minimum absolute atomic E-state index is 0.230. The molecule has 0 spiro atoms. The molecule has 2 aromatic rings. The Morgan fingerprint density at radius 3 is 2.63 bits per heavy atom. The summed E-state index contributed by atoms with van der Waals surface area (Å²) in [6.45, 7) is 3.48. The lowest BCUT2D eigenvalue weighted by Gasteiger charge is -2.23. The van der Waals surface area contributed by atoms with Crippen LogP contribution in [0.1, 0.15) is 12.5 Å². The van der Waals surface area contributed by atoms with Crippen LogP contribution in [0.25, 0.3) is 0 Å². The van der Waals surface area contributed by atoms with E-state index in [0.29, 0.717) is 17.3 Å². The van der Waals surface area contributed by atoms with Gasteiger partial charge in [-0.05, 0) is 42.8 Å². The van der Waals surface area contributed by atoms with Gasteiger partial charge in [-0.1, -0.05) is 23.7 Å². The summed E-state index contributed by atoms with van der Waals surface area (Å²) < 4.78 is 13.3. The molecule has 0 radical (unpaired) electrons. The summed E-state index contributed by atoms with van der Waals surface area (Å²) in [4.78, 5) is 2.07. The van der Waals surface area contributed by atoms with Crippen LogP contribution in [0.4, 0.5) is 15.8 Å². The van der Waals surface area contributed by atoms with Crippen molar-refractivity contribution in [3.05, 3.63) is 58.9 Å². The molecule has 2 N–H and O–H groups in total. The fourth-order valence-electron chi connectivity index (χ4n) is 1.95. The summed E-state index contributed by atoms with van der Waals surface area (Å²) in [5, 5.41) is 0.549. The molecule has 0 amide bonds. The Morgan fingerprint density at radius 2 is 2.00 bits per heavy atom. The van der Waals surface area contributed by atoms with Gasteiger partial charge in [0.05, 0.1) is 10.7 Å². The monoisotopic (exact) mass is 278 g/mol. The predicted molar refractivity (Wildman–Crippen MR) is 79.0 cm³/mol. The maximum atomic E-state index is 13.3. The molecule has 0 atom stereocenters. The molecular formula is C15H16ClFN2. The van der Waals surface area contributed by atoms with E-state index >= 15 is 0 Å². The second kappa shape index (κ2) is 5.93. The standard InChI is InChI=1S/C15H16ClFN2/c1-2-19(13-5-3-4-12(17)9-13)10-11-6-7-15(18)14(16)8-11/h3-9H,2,10,18H2,1H3. The van der Waals surface area contributed by atoms with E-state index in [4.69, 9.17) is 17.3 Å². The summed E-state index contributed by atoms with van der Waals surface area (Å²) in [5.41, 5.74) is 8.16. The van der Waals surface area contributed by atoms with Crippen LogP contribution >= 0.6 is 11.6 Å². The van der Waals surface area contributed by atoms with Gasteiger partial charge in [0.15, 0.2) is 0 Å². The summed E-state index contributed by atoms with van der Waals surface area (Å²) in [5.74, 6) is -0.230. The van der Waals surface area contributed by atoms with Gasteiger partial charge in [0.2, 0.25) is 0 Å². The van der Waals surface area contributed by atoms with Crippen molar-refractivity contribution >= 4 is 23.0 Å². The molecule has 100 valence electrons. The highest BCUT2D eigenvalue weighted by Crippen LogP contribution is 2.23. The fraction of sp³-hybridized carbons (Fsp3) is 0.200. The van der Waals surface area contributed by atoms with Gasteiger partial charge >= 0.3 is 0 Å². The van der Waals surface area contributed by atoms with Crippen LogP contribution in [0.2, 0.25) is 5.02 Å². The average Bonchev–Trinajstić information content (AvgIpc) is 2.40. The maximum Gasteiger partial charge on any atom is 0.125 e. The zero-order valence-corrected chi connectivity index (χ0v) is 11.5. The Labute approximate surface area is 117 Å². The smallest absolute Gasteiger partial charge is 0.125 e. The minimum Gasteiger partial charge on any atom is -0.398 e. The first-order chi connectivity index (χ1) is 9.10. The van der Waals surface area contributed by atoms with Crippen molar-refractivity contribution in [2.45, 2.75) is 13.5 Å². The molecule has 0 heterocycles. The van der Waals surface area contributed by atoms with Gasteiger partial charge in [-0.15, -0.1) is 0 Å². The van der Waals surface area contributed by atoms with Crippen LogP contribution < -0.4 is 10.6 Å². The number of hydrogen-bond acceptors (Lipinski definition) is 2. The molecule has 0 unspecified atom stereocenters. The van der Waals surface area contributed by atoms with E-state index in [-0.39, 0.29) is 5.82 Å². The molecule has 2 aromatic carbocycles. The van der Waals surface area contributed by atoms with Crippen molar-refractivity contribution in [3.8, 4) is 0 Å². The molecule has 0 aromatic heterocycles. The summed E-state index contributed by atoms with van der Waals surface area (Å²) in [7, 11) is 0. The van der Waals surface area contributed by atoms with Gasteiger partial charge in [0, 0.05) is 18.8 Å². The normalized spacial score (nSPS) is 10.5. The van der Waals surface area contributed by atoms with Crippen molar-refractivity contribution in [2.24, 2.45) is 0 Å². The number of benzene rings is 2. The SMILES string of the molecule is CCN(Cc1ccc(N)c(Cl)c1)c1cccc(F)c1. The summed E-state index contributed by atoms with van der Waals surface area (Å²) in [6, 6.07) is 12.1. The Balaban J connectivity index is 2.21. The molecule has 0 aliphatic heterocycles. The number of halogens is 2.